The molecular weight excluding hydrogens is 334 g/mol. The summed E-state index contributed by atoms with van der Waals surface area (Å²) in [6, 6.07) is 3.87. The van der Waals surface area contributed by atoms with Gasteiger partial charge in [0.1, 0.15) is 6.61 Å². The SMILES string of the molecule is COC1C(=O)OCc2c1cc1n(c2=O)Cc2cc3c(nc2-1)=CCCC=3N. The highest BCUT2D eigenvalue weighted by Crippen LogP contribution is 2.33. The molecule has 0 radical (unpaired) electrons. The van der Waals surface area contributed by atoms with Crippen molar-refractivity contribution in [3.63, 3.8) is 0 Å². The van der Waals surface area contributed by atoms with Crippen molar-refractivity contribution < 1.29 is 14.3 Å². The van der Waals surface area contributed by atoms with Gasteiger partial charge in [-0.25, -0.2) is 9.78 Å². The van der Waals surface area contributed by atoms with Crippen LogP contribution in [0, 0.1) is 0 Å². The number of nitrogens with two attached hydrogens (primary N) is 1. The number of cyclic esters (lactones) is 1. The van der Waals surface area contributed by atoms with Crippen molar-refractivity contribution in [3.05, 3.63) is 49.7 Å². The van der Waals surface area contributed by atoms with Crippen LogP contribution in [0.2, 0.25) is 0 Å². The number of aromatic nitrogens is 2. The number of esters is 1. The van der Waals surface area contributed by atoms with Gasteiger partial charge in [0, 0.05) is 29.2 Å². The molecule has 0 bridgehead atoms. The van der Waals surface area contributed by atoms with Crippen molar-refractivity contribution in [2.75, 3.05) is 7.11 Å². The number of ether oxygens (including phenoxy) is 2. The molecule has 132 valence electrons. The Morgan fingerprint density at radius 1 is 1.35 bits per heavy atom. The third kappa shape index (κ3) is 1.94. The third-order valence-electron chi connectivity index (χ3n) is 5.33. The van der Waals surface area contributed by atoms with Crippen LogP contribution in [0.5, 0.6) is 0 Å². The largest absolute Gasteiger partial charge is 0.458 e. The second-order valence-corrected chi connectivity index (χ2v) is 6.78. The summed E-state index contributed by atoms with van der Waals surface area (Å²) in [6.45, 7) is 0.415. The smallest absolute Gasteiger partial charge is 0.340 e. The summed E-state index contributed by atoms with van der Waals surface area (Å²) in [6.07, 6.45) is 2.87. The molecule has 7 nitrogen and oxygen atoms in total. The van der Waals surface area contributed by atoms with Gasteiger partial charge in [0.25, 0.3) is 5.56 Å². The molecule has 2 aliphatic heterocycles. The van der Waals surface area contributed by atoms with E-state index < -0.39 is 12.1 Å². The molecule has 0 amide bonds. The monoisotopic (exact) mass is 351 g/mol. The Kier molecular flexibility index (Phi) is 3.12. The van der Waals surface area contributed by atoms with Crippen molar-refractivity contribution in [2.24, 2.45) is 5.73 Å². The summed E-state index contributed by atoms with van der Waals surface area (Å²) in [4.78, 5) is 29.7. The van der Waals surface area contributed by atoms with Crippen molar-refractivity contribution >= 4 is 17.7 Å². The Morgan fingerprint density at radius 2 is 2.19 bits per heavy atom. The van der Waals surface area contributed by atoms with Gasteiger partial charge in [-0.3, -0.25) is 4.79 Å². The number of pyridine rings is 2. The Morgan fingerprint density at radius 3 is 3.00 bits per heavy atom. The second-order valence-electron chi connectivity index (χ2n) is 6.78. The molecule has 2 aromatic heterocycles. The molecule has 2 N–H and O–H groups in total. The molecular formula is C19H17N3O4. The quantitative estimate of drug-likeness (QED) is 0.603. The number of fused-ring (bicyclic) bond motifs is 5. The van der Waals surface area contributed by atoms with E-state index in [9.17, 15) is 9.59 Å². The van der Waals surface area contributed by atoms with E-state index in [1.807, 2.05) is 12.1 Å². The number of hydrogen-bond acceptors (Lipinski definition) is 6. The van der Waals surface area contributed by atoms with Gasteiger partial charge in [-0.05, 0) is 25.0 Å². The molecule has 0 saturated carbocycles. The minimum atomic E-state index is -0.880. The van der Waals surface area contributed by atoms with Gasteiger partial charge in [-0.1, -0.05) is 6.08 Å². The molecule has 5 rings (SSSR count). The second kappa shape index (κ2) is 5.28. The first-order valence-electron chi connectivity index (χ1n) is 8.53. The number of carbonyl (C=O) groups excluding carboxylic acids is 1. The predicted octanol–water partition coefficient (Wildman–Crippen LogP) is -0.342. The van der Waals surface area contributed by atoms with Crippen LogP contribution >= 0.6 is 0 Å². The fourth-order valence-electron chi connectivity index (χ4n) is 4.00. The van der Waals surface area contributed by atoms with E-state index in [2.05, 4.69) is 6.08 Å². The lowest BCUT2D eigenvalue weighted by Crippen LogP contribution is -2.35. The van der Waals surface area contributed by atoms with Crippen molar-refractivity contribution in [1.29, 1.82) is 0 Å². The molecule has 1 atom stereocenters. The number of methoxy groups -OCH3 is 1. The third-order valence-corrected chi connectivity index (χ3v) is 5.33. The lowest BCUT2D eigenvalue weighted by Gasteiger charge is -2.24. The molecule has 7 heteroatoms. The Bertz CT molecular complexity index is 1160. The van der Waals surface area contributed by atoms with Gasteiger partial charge >= 0.3 is 5.97 Å². The summed E-state index contributed by atoms with van der Waals surface area (Å²) in [5.41, 5.74) is 10.3. The molecule has 0 aromatic carbocycles. The van der Waals surface area contributed by atoms with E-state index in [4.69, 9.17) is 20.2 Å². The van der Waals surface area contributed by atoms with Crippen LogP contribution in [0.3, 0.4) is 0 Å². The molecule has 3 aliphatic rings. The summed E-state index contributed by atoms with van der Waals surface area (Å²) in [5.74, 6) is -0.475. The van der Waals surface area contributed by atoms with Gasteiger partial charge in [0.05, 0.1) is 28.8 Å². The van der Waals surface area contributed by atoms with E-state index in [1.165, 1.54) is 7.11 Å². The molecule has 1 aliphatic carbocycles. The number of nitrogens with zero attached hydrogens (tertiary/aromatic N) is 2. The van der Waals surface area contributed by atoms with Crippen LogP contribution in [0.1, 0.15) is 35.6 Å². The number of rotatable bonds is 1. The molecule has 26 heavy (non-hydrogen) atoms. The highest BCUT2D eigenvalue weighted by atomic mass is 16.6. The zero-order valence-electron chi connectivity index (χ0n) is 14.2. The van der Waals surface area contributed by atoms with Gasteiger partial charge < -0.3 is 19.8 Å². The number of carbonyl (C=O) groups is 1. The van der Waals surface area contributed by atoms with Crippen molar-refractivity contribution in [1.82, 2.24) is 9.55 Å². The highest BCUT2D eigenvalue weighted by molar-refractivity contribution is 5.80. The van der Waals surface area contributed by atoms with Gasteiger partial charge in [0.15, 0.2) is 6.10 Å². The fourth-order valence-corrected chi connectivity index (χ4v) is 4.00. The standard InChI is InChI=1S/C19H17N3O4/c1-25-17-10-6-15-16-9(5-11-13(20)3-2-4-14(11)21-16)7-22(15)18(23)12(10)8-26-19(17)24/h4-6,17H,2-3,7-8,20H2,1H3. The van der Waals surface area contributed by atoms with Crippen LogP contribution in [-0.4, -0.2) is 22.6 Å². The number of hydrogen-bond donors (Lipinski definition) is 1. The van der Waals surface area contributed by atoms with Crippen molar-refractivity contribution in [3.8, 4) is 11.4 Å². The zero-order valence-corrected chi connectivity index (χ0v) is 14.2. The maximum Gasteiger partial charge on any atom is 0.340 e. The average Bonchev–Trinajstić information content (AvgIpc) is 2.99. The first-order valence-corrected chi connectivity index (χ1v) is 8.53. The fraction of sp³-hybridized carbons (Fsp3) is 0.316. The first-order chi connectivity index (χ1) is 12.6. The molecule has 0 spiro atoms. The summed E-state index contributed by atoms with van der Waals surface area (Å²) < 4.78 is 12.1. The van der Waals surface area contributed by atoms with Crippen molar-refractivity contribution in [2.45, 2.75) is 32.1 Å². The van der Waals surface area contributed by atoms with Crippen LogP contribution in [0.15, 0.2) is 16.9 Å². The maximum absolute atomic E-state index is 13.0. The Hall–Kier alpha value is -2.93. The van der Waals surface area contributed by atoms with Gasteiger partial charge in [0.2, 0.25) is 0 Å². The van der Waals surface area contributed by atoms with E-state index in [-0.39, 0.29) is 12.2 Å². The van der Waals surface area contributed by atoms with Crippen LogP contribution < -0.4 is 21.9 Å². The average molecular weight is 351 g/mol. The topological polar surface area (TPSA) is 96.4 Å². The van der Waals surface area contributed by atoms with Gasteiger partial charge in [-0.15, -0.1) is 0 Å². The van der Waals surface area contributed by atoms with E-state index in [1.54, 1.807) is 4.57 Å². The molecule has 1 unspecified atom stereocenters. The minimum absolute atomic E-state index is 0.0259. The van der Waals surface area contributed by atoms with E-state index in [0.29, 0.717) is 23.4 Å². The summed E-state index contributed by atoms with van der Waals surface area (Å²) in [5, 5.41) is 1.81. The molecule has 0 fully saturated rings. The van der Waals surface area contributed by atoms with Crippen LogP contribution in [0.25, 0.3) is 23.2 Å². The highest BCUT2D eigenvalue weighted by Gasteiger charge is 2.35. The normalized spacial score (nSPS) is 19.8. The maximum atomic E-state index is 13.0. The first kappa shape index (κ1) is 15.3. The van der Waals surface area contributed by atoms with E-state index >= 15 is 0 Å². The van der Waals surface area contributed by atoms with Crippen LogP contribution in [-0.2, 0) is 27.4 Å². The van der Waals surface area contributed by atoms with E-state index in [0.717, 1.165) is 40.4 Å². The van der Waals surface area contributed by atoms with Gasteiger partial charge in [-0.2, -0.15) is 0 Å². The van der Waals surface area contributed by atoms with Crippen LogP contribution in [0.4, 0.5) is 0 Å². The molecule has 2 aromatic rings. The summed E-state index contributed by atoms with van der Waals surface area (Å²) >= 11 is 0. The summed E-state index contributed by atoms with van der Waals surface area (Å²) in [7, 11) is 1.43. The Labute approximate surface area is 148 Å². The molecule has 4 heterocycles. The predicted molar refractivity (Wildman–Crippen MR) is 93.1 cm³/mol. The lowest BCUT2D eigenvalue weighted by atomic mass is 10.00. The Balaban J connectivity index is 1.79. The lowest BCUT2D eigenvalue weighted by molar-refractivity contribution is -0.159. The zero-order chi connectivity index (χ0) is 18.0. The minimum Gasteiger partial charge on any atom is -0.458 e. The molecule has 0 saturated heterocycles.